The minimum atomic E-state index is -0.483. The Morgan fingerprint density at radius 3 is 2.84 bits per heavy atom. The molecule has 1 aromatic heterocycles. The fraction of sp³-hybridized carbons (Fsp3) is 0.318. The van der Waals surface area contributed by atoms with E-state index >= 15 is 0 Å². The van der Waals surface area contributed by atoms with Crippen molar-refractivity contribution in [1.82, 2.24) is 20.9 Å². The molecule has 2 aromatic rings. The summed E-state index contributed by atoms with van der Waals surface area (Å²) in [5, 5.41) is 10.9. The third-order valence-corrected chi connectivity index (χ3v) is 7.06. The average Bonchev–Trinajstić information content (AvgIpc) is 3.27. The van der Waals surface area contributed by atoms with Crippen molar-refractivity contribution in [1.29, 1.82) is 0 Å². The largest absolute Gasteiger partial charge is 0.334 e. The molecule has 1 fully saturated rings. The predicted molar refractivity (Wildman–Crippen MR) is 120 cm³/mol. The molecule has 0 bridgehead atoms. The van der Waals surface area contributed by atoms with E-state index in [1.807, 2.05) is 30.5 Å². The molecule has 9 heteroatoms. The molecule has 162 valence electrons. The van der Waals surface area contributed by atoms with Gasteiger partial charge in [0.05, 0.1) is 4.88 Å². The van der Waals surface area contributed by atoms with Gasteiger partial charge in [0.2, 0.25) is 5.91 Å². The highest BCUT2D eigenvalue weighted by molar-refractivity contribution is 7.12. The van der Waals surface area contributed by atoms with Crippen molar-refractivity contribution in [2.45, 2.75) is 45.4 Å². The molecule has 0 radical (unpaired) electrons. The summed E-state index contributed by atoms with van der Waals surface area (Å²) in [6, 6.07) is 4.88. The van der Waals surface area contributed by atoms with Crippen molar-refractivity contribution >= 4 is 40.8 Å². The van der Waals surface area contributed by atoms with Gasteiger partial charge in [-0.2, -0.15) is 0 Å². The van der Waals surface area contributed by atoms with Crippen LogP contribution in [-0.4, -0.2) is 28.8 Å². The lowest BCUT2D eigenvalue weighted by Crippen LogP contribution is -2.49. The maximum absolute atomic E-state index is 12.8. The molecule has 3 N–H and O–H groups in total. The number of urea groups is 1. The number of fused-ring (bicyclic) bond motifs is 1. The molecule has 1 aromatic carbocycles. The molecule has 0 spiro atoms. The number of benzene rings is 1. The predicted octanol–water partition coefficient (Wildman–Crippen LogP) is 3.46. The zero-order chi connectivity index (χ0) is 22.1. The summed E-state index contributed by atoms with van der Waals surface area (Å²) >= 11 is 7.47. The summed E-state index contributed by atoms with van der Waals surface area (Å²) in [5.41, 5.74) is 4.37. The molecule has 2 aliphatic rings. The van der Waals surface area contributed by atoms with Crippen LogP contribution < -0.4 is 16.0 Å². The Morgan fingerprint density at radius 1 is 1.32 bits per heavy atom. The minimum absolute atomic E-state index is 0.125. The summed E-state index contributed by atoms with van der Waals surface area (Å²) in [4.78, 5) is 39.6. The standard InChI is InChI=1S/C22H23ClN4O3S/c1-12-3-5-14(7-17(12)23)8-24-22(30)25-9-15-11-31-19-16(15)10-27(21(19)29)18-6-4-13(2)26-20(18)28/h3,5,7,11,18H,2,4,6,8-10H2,1H3,(H,26,28)(H2,24,25,30). The minimum Gasteiger partial charge on any atom is -0.334 e. The first-order valence-corrected chi connectivity index (χ1v) is 11.2. The van der Waals surface area contributed by atoms with Gasteiger partial charge in [0, 0.05) is 35.9 Å². The Morgan fingerprint density at radius 2 is 2.10 bits per heavy atom. The van der Waals surface area contributed by atoms with Gasteiger partial charge in [0.15, 0.2) is 0 Å². The van der Waals surface area contributed by atoms with Crippen LogP contribution in [0.1, 0.15) is 44.8 Å². The van der Waals surface area contributed by atoms with Crippen molar-refractivity contribution in [3.05, 3.63) is 68.0 Å². The van der Waals surface area contributed by atoms with Gasteiger partial charge in [-0.25, -0.2) is 4.79 Å². The molecular weight excluding hydrogens is 436 g/mol. The average molecular weight is 459 g/mol. The number of amides is 4. The first-order valence-electron chi connectivity index (χ1n) is 9.99. The van der Waals surface area contributed by atoms with Crippen LogP contribution in [-0.2, 0) is 24.4 Å². The number of rotatable bonds is 5. The smallest absolute Gasteiger partial charge is 0.315 e. The zero-order valence-corrected chi connectivity index (χ0v) is 18.7. The Hall–Kier alpha value is -2.84. The highest BCUT2D eigenvalue weighted by atomic mass is 35.5. The van der Waals surface area contributed by atoms with Crippen LogP contribution in [0.4, 0.5) is 4.79 Å². The molecule has 4 amide bonds. The first kappa shape index (κ1) is 21.4. The lowest BCUT2D eigenvalue weighted by atomic mass is 10.0. The molecular formula is C22H23ClN4O3S. The van der Waals surface area contributed by atoms with Gasteiger partial charge in [-0.3, -0.25) is 9.59 Å². The van der Waals surface area contributed by atoms with Gasteiger partial charge in [-0.05, 0) is 47.9 Å². The van der Waals surface area contributed by atoms with Crippen LogP contribution in [0.3, 0.4) is 0 Å². The zero-order valence-electron chi connectivity index (χ0n) is 17.1. The molecule has 3 heterocycles. The monoisotopic (exact) mass is 458 g/mol. The van der Waals surface area contributed by atoms with Crippen LogP contribution >= 0.6 is 22.9 Å². The van der Waals surface area contributed by atoms with Crippen LogP contribution in [0.2, 0.25) is 5.02 Å². The number of hydrogen-bond donors (Lipinski definition) is 3. The van der Waals surface area contributed by atoms with E-state index in [-0.39, 0.29) is 17.8 Å². The van der Waals surface area contributed by atoms with Crippen molar-refractivity contribution in [2.24, 2.45) is 0 Å². The van der Waals surface area contributed by atoms with Crippen molar-refractivity contribution in [3.63, 3.8) is 0 Å². The highest BCUT2D eigenvalue weighted by Gasteiger charge is 2.39. The molecule has 1 saturated heterocycles. The van der Waals surface area contributed by atoms with Gasteiger partial charge in [-0.15, -0.1) is 11.3 Å². The Balaban J connectivity index is 1.33. The second kappa shape index (κ2) is 8.72. The summed E-state index contributed by atoms with van der Waals surface area (Å²) in [6.45, 7) is 6.76. The molecule has 1 unspecified atom stereocenters. The summed E-state index contributed by atoms with van der Waals surface area (Å²) in [7, 11) is 0. The van der Waals surface area contributed by atoms with Gasteiger partial charge in [0.1, 0.15) is 6.04 Å². The quantitative estimate of drug-likeness (QED) is 0.640. The van der Waals surface area contributed by atoms with Crippen molar-refractivity contribution < 1.29 is 14.4 Å². The highest BCUT2D eigenvalue weighted by Crippen LogP contribution is 2.34. The van der Waals surface area contributed by atoms with Gasteiger partial charge < -0.3 is 20.9 Å². The third kappa shape index (κ3) is 4.45. The van der Waals surface area contributed by atoms with E-state index in [2.05, 4.69) is 22.5 Å². The van der Waals surface area contributed by atoms with E-state index in [1.165, 1.54) is 11.3 Å². The number of piperidine rings is 1. The number of halogens is 1. The lowest BCUT2D eigenvalue weighted by Gasteiger charge is -2.31. The SMILES string of the molecule is C=C1CCC(N2Cc3c(CNC(=O)NCc4ccc(C)c(Cl)c4)csc3C2=O)C(=O)N1. The number of nitrogens with zero attached hydrogens (tertiary/aromatic N) is 1. The third-order valence-electron chi connectivity index (χ3n) is 5.59. The number of aryl methyl sites for hydroxylation is 1. The second-order valence-corrected chi connectivity index (χ2v) is 9.06. The molecule has 1 atom stereocenters. The van der Waals surface area contributed by atoms with E-state index in [4.69, 9.17) is 11.6 Å². The number of carbonyl (C=O) groups is 3. The van der Waals surface area contributed by atoms with E-state index in [1.54, 1.807) is 4.90 Å². The van der Waals surface area contributed by atoms with Gasteiger partial charge >= 0.3 is 6.03 Å². The van der Waals surface area contributed by atoms with E-state index < -0.39 is 6.04 Å². The Kier molecular flexibility index (Phi) is 6.02. The molecule has 0 saturated carbocycles. The van der Waals surface area contributed by atoms with E-state index in [9.17, 15) is 14.4 Å². The number of hydrogen-bond acceptors (Lipinski definition) is 4. The second-order valence-electron chi connectivity index (χ2n) is 7.77. The molecule has 7 nitrogen and oxygen atoms in total. The van der Waals surface area contributed by atoms with Gasteiger partial charge in [-0.1, -0.05) is 30.3 Å². The summed E-state index contributed by atoms with van der Waals surface area (Å²) in [5.74, 6) is -0.311. The molecule has 0 aliphatic carbocycles. The summed E-state index contributed by atoms with van der Waals surface area (Å²) < 4.78 is 0. The molecule has 4 rings (SSSR count). The van der Waals surface area contributed by atoms with Crippen molar-refractivity contribution in [3.8, 4) is 0 Å². The normalized spacial score (nSPS) is 18.1. The number of carbonyl (C=O) groups excluding carboxylic acids is 3. The van der Waals surface area contributed by atoms with Crippen LogP contribution in [0.25, 0.3) is 0 Å². The molecule has 31 heavy (non-hydrogen) atoms. The number of thiophene rings is 1. The number of nitrogens with one attached hydrogen (secondary N) is 3. The van der Waals surface area contributed by atoms with E-state index in [0.717, 1.165) is 22.3 Å². The Labute approximate surface area is 189 Å². The maximum Gasteiger partial charge on any atom is 0.315 e. The van der Waals surface area contributed by atoms with Crippen LogP contribution in [0.15, 0.2) is 35.9 Å². The van der Waals surface area contributed by atoms with Gasteiger partial charge in [0.25, 0.3) is 5.91 Å². The van der Waals surface area contributed by atoms with E-state index in [0.29, 0.717) is 48.1 Å². The fourth-order valence-corrected chi connectivity index (χ4v) is 5.01. The fourth-order valence-electron chi connectivity index (χ4n) is 3.77. The summed E-state index contributed by atoms with van der Waals surface area (Å²) in [6.07, 6.45) is 1.24. The maximum atomic E-state index is 12.8. The number of allylic oxidation sites excluding steroid dienone is 1. The first-order chi connectivity index (χ1) is 14.8. The topological polar surface area (TPSA) is 90.5 Å². The van der Waals surface area contributed by atoms with Crippen molar-refractivity contribution in [2.75, 3.05) is 0 Å². The van der Waals surface area contributed by atoms with Crippen LogP contribution in [0.5, 0.6) is 0 Å². The lowest BCUT2D eigenvalue weighted by molar-refractivity contribution is -0.126. The molecule has 2 aliphatic heterocycles. The van der Waals surface area contributed by atoms with Crippen LogP contribution in [0, 0.1) is 6.92 Å². The Bertz CT molecular complexity index is 1080.